The zero-order chi connectivity index (χ0) is 23.6. The van der Waals surface area contributed by atoms with Crippen LogP contribution >= 0.6 is 0 Å². The molecule has 2 N–H and O–H groups in total. The molecule has 0 aromatic heterocycles. The number of carbonyl (C=O) groups is 1. The van der Waals surface area contributed by atoms with Crippen LogP contribution in [0.15, 0.2) is 71.7 Å². The minimum Gasteiger partial charge on any atom is -0.466 e. The molecule has 8 nitrogen and oxygen atoms in total. The molecule has 164 valence electrons. The lowest BCUT2D eigenvalue weighted by Gasteiger charge is -2.32. The number of nitro groups is 1. The highest BCUT2D eigenvalue weighted by atomic mass is 16.6. The number of hydrogen-bond donors (Lipinski definition) is 1. The Labute approximate surface area is 186 Å². The lowest BCUT2D eigenvalue weighted by atomic mass is 9.82. The summed E-state index contributed by atoms with van der Waals surface area (Å²) in [6.07, 6.45) is 1.53. The van der Waals surface area contributed by atoms with Crippen molar-refractivity contribution in [2.24, 2.45) is 5.73 Å². The van der Waals surface area contributed by atoms with E-state index in [-0.39, 0.29) is 28.1 Å². The Bertz CT molecular complexity index is 1170. The maximum absolute atomic E-state index is 12.7. The van der Waals surface area contributed by atoms with Crippen LogP contribution in [0.1, 0.15) is 37.8 Å². The Morgan fingerprint density at radius 2 is 1.88 bits per heavy atom. The van der Waals surface area contributed by atoms with Gasteiger partial charge in [-0.3, -0.25) is 10.1 Å². The van der Waals surface area contributed by atoms with Gasteiger partial charge in [-0.05, 0) is 28.7 Å². The van der Waals surface area contributed by atoms with Crippen LogP contribution in [0.4, 0.5) is 11.4 Å². The fraction of sp³-hybridized carbons (Fsp3) is 0.250. The van der Waals surface area contributed by atoms with Crippen LogP contribution in [0.25, 0.3) is 0 Å². The van der Waals surface area contributed by atoms with E-state index in [4.69, 9.17) is 10.5 Å². The monoisotopic (exact) mass is 432 g/mol. The van der Waals surface area contributed by atoms with Crippen molar-refractivity contribution in [2.75, 3.05) is 12.0 Å². The number of non-ortho nitro benzene ring substituents is 1. The van der Waals surface area contributed by atoms with Gasteiger partial charge in [-0.1, -0.05) is 45.0 Å². The van der Waals surface area contributed by atoms with Gasteiger partial charge in [-0.2, -0.15) is 5.26 Å². The van der Waals surface area contributed by atoms with Crippen molar-refractivity contribution >= 4 is 17.3 Å². The number of nitrogens with two attached hydrogens (primary N) is 1. The molecule has 0 amide bonds. The molecule has 0 fully saturated rings. The number of ether oxygens (including phenoxy) is 1. The van der Waals surface area contributed by atoms with Crippen LogP contribution in [0.2, 0.25) is 0 Å². The standard InChI is InChI=1S/C24H24N4O4/c1-24(2,3)16-8-10-17(11-9-16)27-14-20(23(29)32-4)21(19(13-25)22(27)26)15-6-5-7-18(12-15)28(30)31/h5-12,14,21H,26H2,1-4H3. The Hall–Kier alpha value is -4.12. The molecule has 1 unspecified atom stereocenters. The second-order valence-electron chi connectivity index (χ2n) is 8.44. The molecular formula is C24H24N4O4. The zero-order valence-corrected chi connectivity index (χ0v) is 18.3. The van der Waals surface area contributed by atoms with Crippen molar-refractivity contribution in [1.29, 1.82) is 5.26 Å². The van der Waals surface area contributed by atoms with Crippen molar-refractivity contribution in [3.63, 3.8) is 0 Å². The predicted octanol–water partition coefficient (Wildman–Crippen LogP) is 4.25. The number of nitriles is 1. The van der Waals surface area contributed by atoms with Gasteiger partial charge in [0.15, 0.2) is 0 Å². The smallest absolute Gasteiger partial charge is 0.336 e. The summed E-state index contributed by atoms with van der Waals surface area (Å²) in [5.74, 6) is -1.41. The van der Waals surface area contributed by atoms with Crippen LogP contribution in [0, 0.1) is 21.4 Å². The average molecular weight is 432 g/mol. The van der Waals surface area contributed by atoms with Gasteiger partial charge in [-0.25, -0.2) is 4.79 Å². The van der Waals surface area contributed by atoms with Crippen LogP contribution in [-0.2, 0) is 14.9 Å². The van der Waals surface area contributed by atoms with Crippen molar-refractivity contribution in [3.8, 4) is 6.07 Å². The highest BCUT2D eigenvalue weighted by Gasteiger charge is 2.35. The van der Waals surface area contributed by atoms with Crippen molar-refractivity contribution in [2.45, 2.75) is 32.1 Å². The SMILES string of the molecule is COC(=O)C1=CN(c2ccc(C(C)(C)C)cc2)C(N)=C(C#N)C1c1cccc([N+](=O)[O-])c1. The average Bonchev–Trinajstić information content (AvgIpc) is 2.77. The number of benzene rings is 2. The second-order valence-corrected chi connectivity index (χ2v) is 8.44. The number of rotatable bonds is 4. The fourth-order valence-electron chi connectivity index (χ4n) is 3.63. The summed E-state index contributed by atoms with van der Waals surface area (Å²) in [5, 5.41) is 21.2. The molecule has 2 aromatic carbocycles. The number of esters is 1. The largest absolute Gasteiger partial charge is 0.466 e. The highest BCUT2D eigenvalue weighted by Crippen LogP contribution is 2.40. The first kappa shape index (κ1) is 22.6. The molecule has 1 aliphatic heterocycles. The van der Waals surface area contributed by atoms with Crippen LogP contribution in [-0.4, -0.2) is 18.0 Å². The van der Waals surface area contributed by atoms with E-state index in [0.29, 0.717) is 11.3 Å². The molecule has 1 atom stereocenters. The summed E-state index contributed by atoms with van der Waals surface area (Å²) in [6.45, 7) is 6.30. The Morgan fingerprint density at radius 3 is 2.41 bits per heavy atom. The summed E-state index contributed by atoms with van der Waals surface area (Å²) in [4.78, 5) is 25.0. The molecule has 0 spiro atoms. The minimum absolute atomic E-state index is 0.0419. The van der Waals surface area contributed by atoms with E-state index in [1.807, 2.05) is 24.3 Å². The molecular weight excluding hydrogens is 408 g/mol. The van der Waals surface area contributed by atoms with Gasteiger partial charge >= 0.3 is 5.97 Å². The first-order valence-corrected chi connectivity index (χ1v) is 9.92. The molecule has 1 heterocycles. The predicted molar refractivity (Wildman–Crippen MR) is 120 cm³/mol. The maximum atomic E-state index is 12.7. The van der Waals surface area contributed by atoms with E-state index in [1.54, 1.807) is 11.0 Å². The van der Waals surface area contributed by atoms with E-state index < -0.39 is 16.8 Å². The molecule has 0 saturated heterocycles. The Morgan fingerprint density at radius 1 is 1.22 bits per heavy atom. The van der Waals surface area contributed by atoms with Gasteiger partial charge in [0.05, 0.1) is 35.2 Å². The maximum Gasteiger partial charge on any atom is 0.336 e. The third-order valence-corrected chi connectivity index (χ3v) is 5.37. The number of allylic oxidation sites excluding steroid dienone is 1. The summed E-state index contributed by atoms with van der Waals surface area (Å²) >= 11 is 0. The molecule has 0 bridgehead atoms. The van der Waals surface area contributed by atoms with Gasteiger partial charge in [-0.15, -0.1) is 0 Å². The third kappa shape index (κ3) is 4.18. The van der Waals surface area contributed by atoms with E-state index in [2.05, 4.69) is 26.8 Å². The molecule has 0 aliphatic carbocycles. The lowest BCUT2D eigenvalue weighted by molar-refractivity contribution is -0.384. The number of anilines is 1. The molecule has 1 aliphatic rings. The number of carbonyl (C=O) groups excluding carboxylic acids is 1. The van der Waals surface area contributed by atoms with Gasteiger partial charge < -0.3 is 15.4 Å². The lowest BCUT2D eigenvalue weighted by Crippen LogP contribution is -2.33. The number of methoxy groups -OCH3 is 1. The topological polar surface area (TPSA) is 122 Å². The highest BCUT2D eigenvalue weighted by molar-refractivity contribution is 5.93. The number of nitrogens with zero attached hydrogens (tertiary/aromatic N) is 3. The van der Waals surface area contributed by atoms with Crippen molar-refractivity contribution in [1.82, 2.24) is 0 Å². The quantitative estimate of drug-likeness (QED) is 0.435. The zero-order valence-electron chi connectivity index (χ0n) is 18.3. The third-order valence-electron chi connectivity index (χ3n) is 5.37. The van der Waals surface area contributed by atoms with E-state index in [9.17, 15) is 20.2 Å². The molecule has 32 heavy (non-hydrogen) atoms. The number of nitro benzene ring substituents is 1. The van der Waals surface area contributed by atoms with Gasteiger partial charge in [0.2, 0.25) is 0 Å². The first-order chi connectivity index (χ1) is 15.1. The van der Waals surface area contributed by atoms with Crippen LogP contribution in [0.3, 0.4) is 0 Å². The summed E-state index contributed by atoms with van der Waals surface area (Å²) in [6, 6.07) is 15.5. The second kappa shape index (κ2) is 8.55. The Balaban J connectivity index is 2.16. The summed E-state index contributed by atoms with van der Waals surface area (Å²) in [7, 11) is 1.24. The normalized spacial score (nSPS) is 16.3. The van der Waals surface area contributed by atoms with E-state index >= 15 is 0 Å². The van der Waals surface area contributed by atoms with Crippen molar-refractivity contribution in [3.05, 3.63) is 92.9 Å². The Kier molecular flexibility index (Phi) is 6.03. The first-order valence-electron chi connectivity index (χ1n) is 9.92. The molecule has 2 aromatic rings. The molecule has 8 heteroatoms. The molecule has 3 rings (SSSR count). The van der Waals surface area contributed by atoms with E-state index in [0.717, 1.165) is 5.56 Å². The van der Waals surface area contributed by atoms with Gasteiger partial charge in [0.25, 0.3) is 5.69 Å². The van der Waals surface area contributed by atoms with Gasteiger partial charge in [0, 0.05) is 24.0 Å². The van der Waals surface area contributed by atoms with E-state index in [1.165, 1.54) is 31.5 Å². The van der Waals surface area contributed by atoms with Crippen molar-refractivity contribution < 1.29 is 14.5 Å². The summed E-state index contributed by atoms with van der Waals surface area (Å²) in [5.41, 5.74) is 8.62. The molecule has 0 radical (unpaired) electrons. The van der Waals surface area contributed by atoms with Crippen LogP contribution in [0.5, 0.6) is 0 Å². The fourth-order valence-corrected chi connectivity index (χ4v) is 3.63. The van der Waals surface area contributed by atoms with Gasteiger partial charge in [0.1, 0.15) is 5.82 Å². The molecule has 0 saturated carbocycles. The summed E-state index contributed by atoms with van der Waals surface area (Å²) < 4.78 is 4.95. The number of hydrogen-bond acceptors (Lipinski definition) is 7. The van der Waals surface area contributed by atoms with Crippen LogP contribution < -0.4 is 10.6 Å². The minimum atomic E-state index is -0.891.